The topological polar surface area (TPSA) is 53.1 Å². The van der Waals surface area contributed by atoms with E-state index in [4.69, 9.17) is 0 Å². The molecule has 2 rings (SSSR count). The maximum Gasteiger partial charge on any atom is 0.224 e. The predicted octanol–water partition coefficient (Wildman–Crippen LogP) is 2.81. The number of anilines is 2. The minimum Gasteiger partial charge on any atom is -0.369 e. The molecule has 0 amide bonds. The van der Waals surface area contributed by atoms with Gasteiger partial charge in [0, 0.05) is 19.3 Å². The Balaban J connectivity index is 1.87. The standard InChI is InChI=1S/C14H24BrN5/c1-3-6-16-14-18-10-12(15)13(19-14)17-9-11-4-7-20(2)8-5-11/h10-11H,3-9H2,1-2H3,(H2,16,17,18,19). The molecule has 1 fully saturated rings. The van der Waals surface area contributed by atoms with Crippen molar-refractivity contribution in [2.45, 2.75) is 26.2 Å². The number of nitrogens with one attached hydrogen (secondary N) is 2. The maximum absolute atomic E-state index is 4.52. The minimum absolute atomic E-state index is 0.695. The molecule has 2 N–H and O–H groups in total. The second-order valence-electron chi connectivity index (χ2n) is 5.44. The molecule has 0 bridgehead atoms. The van der Waals surface area contributed by atoms with E-state index in [1.807, 2.05) is 6.20 Å². The van der Waals surface area contributed by atoms with E-state index in [1.165, 1.54) is 25.9 Å². The number of nitrogens with zero attached hydrogens (tertiary/aromatic N) is 3. The van der Waals surface area contributed by atoms with Gasteiger partial charge in [0.05, 0.1) is 4.47 Å². The molecular formula is C14H24BrN5. The lowest BCUT2D eigenvalue weighted by atomic mass is 9.97. The van der Waals surface area contributed by atoms with Gasteiger partial charge in [-0.3, -0.25) is 0 Å². The third-order valence-electron chi connectivity index (χ3n) is 3.67. The normalized spacial score (nSPS) is 17.1. The molecule has 20 heavy (non-hydrogen) atoms. The van der Waals surface area contributed by atoms with Gasteiger partial charge in [-0.05, 0) is 61.2 Å². The average molecular weight is 342 g/mol. The molecule has 1 aliphatic heterocycles. The SMILES string of the molecule is CCCNc1ncc(Br)c(NCC2CCN(C)CC2)n1. The molecule has 0 aromatic carbocycles. The first kappa shape index (κ1) is 15.5. The fraction of sp³-hybridized carbons (Fsp3) is 0.714. The van der Waals surface area contributed by atoms with E-state index in [0.29, 0.717) is 5.95 Å². The van der Waals surface area contributed by atoms with Gasteiger partial charge in [-0.15, -0.1) is 0 Å². The van der Waals surface area contributed by atoms with Crippen LogP contribution in [-0.2, 0) is 0 Å². The number of likely N-dealkylation sites (tertiary alicyclic amines) is 1. The van der Waals surface area contributed by atoms with E-state index in [2.05, 4.69) is 55.4 Å². The van der Waals surface area contributed by atoms with Crippen molar-refractivity contribution in [1.29, 1.82) is 0 Å². The summed E-state index contributed by atoms with van der Waals surface area (Å²) in [6.07, 6.45) is 5.39. The molecule has 112 valence electrons. The van der Waals surface area contributed by atoms with Crippen LogP contribution in [0.4, 0.5) is 11.8 Å². The zero-order valence-electron chi connectivity index (χ0n) is 12.3. The number of hydrogen-bond donors (Lipinski definition) is 2. The Hall–Kier alpha value is -0.880. The van der Waals surface area contributed by atoms with Crippen molar-refractivity contribution in [3.05, 3.63) is 10.7 Å². The third-order valence-corrected chi connectivity index (χ3v) is 4.25. The van der Waals surface area contributed by atoms with Gasteiger partial charge in [-0.25, -0.2) is 4.98 Å². The van der Waals surface area contributed by atoms with Gasteiger partial charge in [-0.2, -0.15) is 4.98 Å². The summed E-state index contributed by atoms with van der Waals surface area (Å²) >= 11 is 3.51. The number of piperidine rings is 1. The van der Waals surface area contributed by atoms with E-state index < -0.39 is 0 Å². The molecule has 0 saturated carbocycles. The Morgan fingerprint density at radius 3 is 2.80 bits per heavy atom. The molecule has 0 aliphatic carbocycles. The zero-order chi connectivity index (χ0) is 14.4. The van der Waals surface area contributed by atoms with Gasteiger partial charge in [0.25, 0.3) is 0 Å². The summed E-state index contributed by atoms with van der Waals surface area (Å²) < 4.78 is 0.924. The highest BCUT2D eigenvalue weighted by Crippen LogP contribution is 2.22. The van der Waals surface area contributed by atoms with Crippen LogP contribution in [0.3, 0.4) is 0 Å². The van der Waals surface area contributed by atoms with Crippen LogP contribution in [0, 0.1) is 5.92 Å². The first-order chi connectivity index (χ1) is 9.69. The molecule has 6 heteroatoms. The van der Waals surface area contributed by atoms with Crippen LogP contribution in [0.2, 0.25) is 0 Å². The van der Waals surface area contributed by atoms with Crippen LogP contribution in [0.5, 0.6) is 0 Å². The first-order valence-corrected chi connectivity index (χ1v) is 8.17. The van der Waals surface area contributed by atoms with Crippen molar-refractivity contribution in [2.24, 2.45) is 5.92 Å². The van der Waals surface area contributed by atoms with Crippen LogP contribution in [0.1, 0.15) is 26.2 Å². The van der Waals surface area contributed by atoms with Crippen molar-refractivity contribution < 1.29 is 0 Å². The molecule has 0 radical (unpaired) electrons. The van der Waals surface area contributed by atoms with Gasteiger partial charge in [-0.1, -0.05) is 6.92 Å². The Bertz CT molecular complexity index is 418. The summed E-state index contributed by atoms with van der Waals surface area (Å²) in [5.74, 6) is 2.32. The second-order valence-corrected chi connectivity index (χ2v) is 6.30. The number of aromatic nitrogens is 2. The monoisotopic (exact) mass is 341 g/mol. The average Bonchev–Trinajstić information content (AvgIpc) is 2.46. The van der Waals surface area contributed by atoms with Crippen LogP contribution in [0.25, 0.3) is 0 Å². The van der Waals surface area contributed by atoms with E-state index in [-0.39, 0.29) is 0 Å². The quantitative estimate of drug-likeness (QED) is 0.833. The van der Waals surface area contributed by atoms with Gasteiger partial charge in [0.2, 0.25) is 5.95 Å². The van der Waals surface area contributed by atoms with Gasteiger partial charge < -0.3 is 15.5 Å². The fourth-order valence-electron chi connectivity index (χ4n) is 2.32. The van der Waals surface area contributed by atoms with Gasteiger partial charge >= 0.3 is 0 Å². The van der Waals surface area contributed by atoms with E-state index in [1.54, 1.807) is 0 Å². The molecule has 0 atom stereocenters. The summed E-state index contributed by atoms with van der Waals surface area (Å²) in [7, 11) is 2.19. The van der Waals surface area contributed by atoms with Crippen LogP contribution in [-0.4, -0.2) is 48.1 Å². The Morgan fingerprint density at radius 2 is 2.10 bits per heavy atom. The van der Waals surface area contributed by atoms with Gasteiger partial charge in [0.1, 0.15) is 5.82 Å². The molecular weight excluding hydrogens is 318 g/mol. The molecule has 5 nitrogen and oxygen atoms in total. The van der Waals surface area contributed by atoms with E-state index in [9.17, 15) is 0 Å². The third kappa shape index (κ3) is 4.59. The largest absolute Gasteiger partial charge is 0.369 e. The van der Waals surface area contributed by atoms with Crippen LogP contribution in [0.15, 0.2) is 10.7 Å². The molecule has 1 aromatic heterocycles. The maximum atomic E-state index is 4.52. The minimum atomic E-state index is 0.695. The van der Waals surface area contributed by atoms with Crippen molar-refractivity contribution in [3.8, 4) is 0 Å². The predicted molar refractivity (Wildman–Crippen MR) is 87.2 cm³/mol. The van der Waals surface area contributed by atoms with Crippen LogP contribution < -0.4 is 10.6 Å². The summed E-state index contributed by atoms with van der Waals surface area (Å²) in [5, 5.41) is 6.67. The first-order valence-electron chi connectivity index (χ1n) is 7.38. The molecule has 2 heterocycles. The fourth-order valence-corrected chi connectivity index (χ4v) is 2.65. The lowest BCUT2D eigenvalue weighted by molar-refractivity contribution is 0.226. The smallest absolute Gasteiger partial charge is 0.224 e. The van der Waals surface area contributed by atoms with Crippen molar-refractivity contribution in [2.75, 3.05) is 43.9 Å². The summed E-state index contributed by atoms with van der Waals surface area (Å²) in [6, 6.07) is 0. The molecule has 0 unspecified atom stereocenters. The van der Waals surface area contributed by atoms with Crippen molar-refractivity contribution >= 4 is 27.7 Å². The summed E-state index contributed by atoms with van der Waals surface area (Å²) in [6.45, 7) is 6.40. The second kappa shape index (κ2) is 7.78. The van der Waals surface area contributed by atoms with E-state index in [0.717, 1.165) is 35.7 Å². The summed E-state index contributed by atoms with van der Waals surface area (Å²) in [4.78, 5) is 11.2. The molecule has 1 saturated heterocycles. The van der Waals surface area contributed by atoms with E-state index >= 15 is 0 Å². The highest BCUT2D eigenvalue weighted by Gasteiger charge is 2.17. The van der Waals surface area contributed by atoms with Crippen LogP contribution >= 0.6 is 15.9 Å². The molecule has 0 spiro atoms. The molecule has 1 aromatic rings. The lowest BCUT2D eigenvalue weighted by Crippen LogP contribution is -2.33. The number of halogens is 1. The number of hydrogen-bond acceptors (Lipinski definition) is 5. The highest BCUT2D eigenvalue weighted by molar-refractivity contribution is 9.10. The van der Waals surface area contributed by atoms with Gasteiger partial charge in [0.15, 0.2) is 0 Å². The summed E-state index contributed by atoms with van der Waals surface area (Å²) in [5.41, 5.74) is 0. The van der Waals surface area contributed by atoms with Crippen molar-refractivity contribution in [3.63, 3.8) is 0 Å². The Labute approximate surface area is 129 Å². The lowest BCUT2D eigenvalue weighted by Gasteiger charge is -2.29. The molecule has 1 aliphatic rings. The zero-order valence-corrected chi connectivity index (χ0v) is 13.9. The van der Waals surface area contributed by atoms with Crippen molar-refractivity contribution in [1.82, 2.24) is 14.9 Å². The number of rotatable bonds is 6. The highest BCUT2D eigenvalue weighted by atomic mass is 79.9. The Morgan fingerprint density at radius 1 is 1.35 bits per heavy atom. The Kier molecular flexibility index (Phi) is 6.04.